The van der Waals surface area contributed by atoms with Crippen molar-refractivity contribution >= 4 is 12.0 Å². The predicted octanol–water partition coefficient (Wildman–Crippen LogP) is 1.22. The second kappa shape index (κ2) is 6.38. The molecule has 1 rings (SSSR count). The molecule has 2 amide bonds. The van der Waals surface area contributed by atoms with E-state index in [1.54, 1.807) is 44.2 Å². The highest BCUT2D eigenvalue weighted by molar-refractivity contribution is 5.83. The highest BCUT2D eigenvalue weighted by atomic mass is 16.4. The summed E-state index contributed by atoms with van der Waals surface area (Å²) in [5.41, 5.74) is -0.553. The number of hydrogen-bond donors (Lipinski definition) is 3. The number of nitrogens with zero attached hydrogens (tertiary/aromatic N) is 1. The van der Waals surface area contributed by atoms with Crippen LogP contribution in [-0.2, 0) is 4.79 Å². The fraction of sp³-hybridized carbons (Fsp3) is 0.429. The SMILES string of the molecule is CN(CC(C)(C)O)C(=O)N[C@H](C(=O)O)c1ccccc1. The Hall–Kier alpha value is -2.08. The van der Waals surface area contributed by atoms with Crippen LogP contribution in [0.2, 0.25) is 0 Å². The van der Waals surface area contributed by atoms with E-state index in [9.17, 15) is 19.8 Å². The van der Waals surface area contributed by atoms with E-state index in [1.807, 2.05) is 0 Å². The van der Waals surface area contributed by atoms with Gasteiger partial charge < -0.3 is 20.4 Å². The molecule has 0 saturated carbocycles. The molecule has 0 radical (unpaired) electrons. The molecular formula is C14H20N2O4. The van der Waals surface area contributed by atoms with Gasteiger partial charge in [0.05, 0.1) is 12.1 Å². The first kappa shape index (κ1) is 16.0. The maximum atomic E-state index is 11.9. The number of aliphatic hydroxyl groups is 1. The van der Waals surface area contributed by atoms with Gasteiger partial charge in [-0.1, -0.05) is 30.3 Å². The highest BCUT2D eigenvalue weighted by Crippen LogP contribution is 2.13. The molecule has 0 aliphatic carbocycles. The third kappa shape index (κ3) is 4.89. The van der Waals surface area contributed by atoms with Crippen LogP contribution in [0.3, 0.4) is 0 Å². The minimum Gasteiger partial charge on any atom is -0.479 e. The van der Waals surface area contributed by atoms with Crippen molar-refractivity contribution in [3.8, 4) is 0 Å². The molecule has 0 heterocycles. The second-order valence-corrected chi connectivity index (χ2v) is 5.30. The third-order valence-electron chi connectivity index (χ3n) is 2.62. The lowest BCUT2D eigenvalue weighted by Crippen LogP contribution is -2.46. The number of aliphatic carboxylic acids is 1. The molecule has 1 aromatic carbocycles. The molecule has 0 unspecified atom stereocenters. The number of carbonyl (C=O) groups excluding carboxylic acids is 1. The van der Waals surface area contributed by atoms with Crippen molar-refractivity contribution in [1.29, 1.82) is 0 Å². The molecule has 0 fully saturated rings. The predicted molar refractivity (Wildman–Crippen MR) is 74.3 cm³/mol. The van der Waals surface area contributed by atoms with E-state index in [0.717, 1.165) is 0 Å². The average molecular weight is 280 g/mol. The van der Waals surface area contributed by atoms with Crippen LogP contribution >= 0.6 is 0 Å². The standard InChI is InChI=1S/C14H20N2O4/c1-14(2,20)9-16(3)13(19)15-11(12(17)18)10-7-5-4-6-8-10/h4-8,11,20H,9H2,1-3H3,(H,15,19)(H,17,18)/t11-/m0/s1. The molecule has 3 N–H and O–H groups in total. The summed E-state index contributed by atoms with van der Waals surface area (Å²) in [6.45, 7) is 3.24. The molecule has 1 aromatic rings. The first-order valence-electron chi connectivity index (χ1n) is 6.22. The third-order valence-corrected chi connectivity index (χ3v) is 2.62. The van der Waals surface area contributed by atoms with Crippen LogP contribution in [-0.4, -0.2) is 46.3 Å². The zero-order chi connectivity index (χ0) is 15.3. The lowest BCUT2D eigenvalue weighted by Gasteiger charge is -2.27. The molecular weight excluding hydrogens is 260 g/mol. The number of amides is 2. The van der Waals surface area contributed by atoms with E-state index in [2.05, 4.69) is 5.32 Å². The van der Waals surface area contributed by atoms with Gasteiger partial charge in [-0.05, 0) is 19.4 Å². The number of hydrogen-bond acceptors (Lipinski definition) is 3. The van der Waals surface area contributed by atoms with Gasteiger partial charge in [0.1, 0.15) is 0 Å². The summed E-state index contributed by atoms with van der Waals surface area (Å²) in [6, 6.07) is 6.78. The molecule has 110 valence electrons. The van der Waals surface area contributed by atoms with Crippen molar-refractivity contribution in [2.75, 3.05) is 13.6 Å². The first-order chi connectivity index (χ1) is 9.20. The van der Waals surface area contributed by atoms with Crippen LogP contribution in [0.1, 0.15) is 25.5 Å². The van der Waals surface area contributed by atoms with Crippen molar-refractivity contribution in [3.05, 3.63) is 35.9 Å². The molecule has 0 saturated heterocycles. The Bertz CT molecular complexity index is 468. The normalized spacial score (nSPS) is 12.6. The van der Waals surface area contributed by atoms with Gasteiger partial charge in [-0.25, -0.2) is 9.59 Å². The number of urea groups is 1. The number of carboxylic acid groups (broad SMARTS) is 1. The van der Waals surface area contributed by atoms with Crippen LogP contribution in [0.25, 0.3) is 0 Å². The number of rotatable bonds is 5. The number of benzene rings is 1. The van der Waals surface area contributed by atoms with Gasteiger partial charge in [0.25, 0.3) is 0 Å². The summed E-state index contributed by atoms with van der Waals surface area (Å²) in [6.07, 6.45) is 0. The molecule has 0 spiro atoms. The Morgan fingerprint density at radius 1 is 1.30 bits per heavy atom. The molecule has 20 heavy (non-hydrogen) atoms. The van der Waals surface area contributed by atoms with Gasteiger partial charge in [0, 0.05) is 7.05 Å². The zero-order valence-electron chi connectivity index (χ0n) is 11.8. The van der Waals surface area contributed by atoms with Gasteiger partial charge >= 0.3 is 12.0 Å². The van der Waals surface area contributed by atoms with Crippen LogP contribution in [0.15, 0.2) is 30.3 Å². The second-order valence-electron chi connectivity index (χ2n) is 5.30. The van der Waals surface area contributed by atoms with E-state index in [-0.39, 0.29) is 6.54 Å². The largest absolute Gasteiger partial charge is 0.479 e. The number of carboxylic acids is 1. The van der Waals surface area contributed by atoms with Crippen molar-refractivity contribution in [1.82, 2.24) is 10.2 Å². The summed E-state index contributed by atoms with van der Waals surface area (Å²) in [5.74, 6) is -1.14. The van der Waals surface area contributed by atoms with E-state index < -0.39 is 23.6 Å². The topological polar surface area (TPSA) is 89.9 Å². The molecule has 0 aromatic heterocycles. The number of likely N-dealkylation sites (N-methyl/N-ethyl adjacent to an activating group) is 1. The van der Waals surface area contributed by atoms with Crippen LogP contribution in [0, 0.1) is 0 Å². The minimum absolute atomic E-state index is 0.0972. The van der Waals surface area contributed by atoms with Crippen molar-refractivity contribution in [3.63, 3.8) is 0 Å². The Kier molecular flexibility index (Phi) is 5.10. The smallest absolute Gasteiger partial charge is 0.330 e. The van der Waals surface area contributed by atoms with Crippen LogP contribution in [0.4, 0.5) is 4.79 Å². The van der Waals surface area contributed by atoms with E-state index in [0.29, 0.717) is 5.56 Å². The summed E-state index contributed by atoms with van der Waals surface area (Å²) < 4.78 is 0. The fourth-order valence-electron chi connectivity index (χ4n) is 1.82. The van der Waals surface area contributed by atoms with Gasteiger partial charge in [0.15, 0.2) is 6.04 Å². The lowest BCUT2D eigenvalue weighted by molar-refractivity contribution is -0.139. The summed E-state index contributed by atoms with van der Waals surface area (Å²) >= 11 is 0. The van der Waals surface area contributed by atoms with Crippen molar-refractivity contribution in [2.24, 2.45) is 0 Å². The van der Waals surface area contributed by atoms with E-state index in [4.69, 9.17) is 0 Å². The van der Waals surface area contributed by atoms with Gasteiger partial charge in [-0.2, -0.15) is 0 Å². The maximum Gasteiger partial charge on any atom is 0.330 e. The zero-order valence-corrected chi connectivity index (χ0v) is 11.8. The summed E-state index contributed by atoms with van der Waals surface area (Å²) in [4.78, 5) is 24.5. The highest BCUT2D eigenvalue weighted by Gasteiger charge is 2.25. The number of nitrogens with one attached hydrogen (secondary N) is 1. The summed E-state index contributed by atoms with van der Waals surface area (Å²) in [5, 5.41) is 21.3. The molecule has 0 aliphatic heterocycles. The Morgan fingerprint density at radius 2 is 1.85 bits per heavy atom. The molecule has 1 atom stereocenters. The quantitative estimate of drug-likeness (QED) is 0.756. The first-order valence-corrected chi connectivity index (χ1v) is 6.22. The summed E-state index contributed by atoms with van der Waals surface area (Å²) in [7, 11) is 1.50. The maximum absolute atomic E-state index is 11.9. The van der Waals surface area contributed by atoms with E-state index in [1.165, 1.54) is 11.9 Å². The molecule has 6 nitrogen and oxygen atoms in total. The van der Waals surface area contributed by atoms with Crippen molar-refractivity contribution < 1.29 is 19.8 Å². The Balaban J connectivity index is 2.77. The van der Waals surface area contributed by atoms with Gasteiger partial charge in [-0.15, -0.1) is 0 Å². The average Bonchev–Trinajstić information content (AvgIpc) is 2.34. The molecule has 0 bridgehead atoms. The lowest BCUT2D eigenvalue weighted by atomic mass is 10.1. The van der Waals surface area contributed by atoms with Gasteiger partial charge in [0.2, 0.25) is 0 Å². The molecule has 6 heteroatoms. The van der Waals surface area contributed by atoms with E-state index >= 15 is 0 Å². The monoisotopic (exact) mass is 280 g/mol. The Labute approximate surface area is 118 Å². The van der Waals surface area contributed by atoms with Gasteiger partial charge in [-0.3, -0.25) is 0 Å². The fourth-order valence-corrected chi connectivity index (χ4v) is 1.82. The van der Waals surface area contributed by atoms with Crippen LogP contribution < -0.4 is 5.32 Å². The van der Waals surface area contributed by atoms with Crippen LogP contribution in [0.5, 0.6) is 0 Å². The Morgan fingerprint density at radius 3 is 2.30 bits per heavy atom. The van der Waals surface area contributed by atoms with Crippen molar-refractivity contribution in [2.45, 2.75) is 25.5 Å². The minimum atomic E-state index is -1.14. The molecule has 0 aliphatic rings. The number of carbonyl (C=O) groups is 2.